The zero-order chi connectivity index (χ0) is 20.0. The van der Waals surface area contributed by atoms with Crippen LogP contribution in [0.4, 0.5) is 5.69 Å². The van der Waals surface area contributed by atoms with Crippen molar-refractivity contribution < 1.29 is 8.95 Å². The molecule has 1 aromatic carbocycles. The van der Waals surface area contributed by atoms with Crippen molar-refractivity contribution in [1.29, 1.82) is 0 Å². The molecule has 2 rings (SSSR count). The summed E-state index contributed by atoms with van der Waals surface area (Å²) < 4.78 is 17.4. The Labute approximate surface area is 170 Å². The Morgan fingerprint density at radius 2 is 2.19 bits per heavy atom. The number of methoxy groups -OCH3 is 1. The molecule has 0 spiro atoms. The minimum absolute atomic E-state index is 0.194. The quantitative estimate of drug-likeness (QED) is 0.553. The summed E-state index contributed by atoms with van der Waals surface area (Å²) in [4.78, 5) is 6.56. The summed E-state index contributed by atoms with van der Waals surface area (Å²) in [5, 5.41) is 7.42. The summed E-state index contributed by atoms with van der Waals surface area (Å²) in [5.74, 6) is 2.17. The molecule has 2 unspecified atom stereocenters. The van der Waals surface area contributed by atoms with E-state index in [-0.39, 0.29) is 10.8 Å². The zero-order valence-corrected chi connectivity index (χ0v) is 18.4. The molecule has 6 nitrogen and oxygen atoms in total. The normalized spacial score (nSPS) is 19.1. The summed E-state index contributed by atoms with van der Waals surface area (Å²) in [5.41, 5.74) is 1.01. The van der Waals surface area contributed by atoms with Gasteiger partial charge in [-0.1, -0.05) is 11.6 Å². The lowest BCUT2D eigenvalue weighted by Gasteiger charge is -2.23. The zero-order valence-electron chi connectivity index (χ0n) is 16.8. The van der Waals surface area contributed by atoms with Gasteiger partial charge in [0.05, 0.1) is 12.8 Å². The highest BCUT2D eigenvalue weighted by Gasteiger charge is 2.26. The van der Waals surface area contributed by atoms with Gasteiger partial charge < -0.3 is 20.3 Å². The third kappa shape index (κ3) is 6.28. The number of aliphatic imine (C=N–C) groups is 1. The minimum Gasteiger partial charge on any atom is -0.495 e. The molecule has 152 valence electrons. The molecule has 0 radical (unpaired) electrons. The molecule has 2 atom stereocenters. The molecule has 0 bridgehead atoms. The third-order valence-corrected chi connectivity index (χ3v) is 6.67. The Morgan fingerprint density at radius 3 is 2.81 bits per heavy atom. The van der Waals surface area contributed by atoms with Gasteiger partial charge in [0, 0.05) is 59.0 Å². The van der Waals surface area contributed by atoms with Crippen molar-refractivity contribution in [3.63, 3.8) is 0 Å². The van der Waals surface area contributed by atoms with Crippen LogP contribution in [-0.2, 0) is 10.8 Å². The molecule has 1 aliphatic heterocycles. The molecular weight excluding hydrogens is 384 g/mol. The van der Waals surface area contributed by atoms with Gasteiger partial charge in [-0.15, -0.1) is 0 Å². The van der Waals surface area contributed by atoms with Crippen molar-refractivity contribution in [2.24, 2.45) is 4.99 Å². The van der Waals surface area contributed by atoms with Gasteiger partial charge in [0.1, 0.15) is 5.75 Å². The summed E-state index contributed by atoms with van der Waals surface area (Å²) >= 11 is 6.16. The van der Waals surface area contributed by atoms with Crippen LogP contribution in [-0.4, -0.2) is 60.5 Å². The van der Waals surface area contributed by atoms with E-state index >= 15 is 0 Å². The van der Waals surface area contributed by atoms with Crippen LogP contribution in [0.2, 0.25) is 5.02 Å². The molecule has 0 aromatic heterocycles. The Kier molecular flexibility index (Phi) is 7.79. The van der Waals surface area contributed by atoms with E-state index in [0.717, 1.165) is 36.9 Å². The number of rotatable bonds is 6. The van der Waals surface area contributed by atoms with E-state index in [9.17, 15) is 4.21 Å². The molecule has 1 aromatic rings. The average Bonchev–Trinajstić information content (AvgIpc) is 3.08. The largest absolute Gasteiger partial charge is 0.495 e. The lowest BCUT2D eigenvalue weighted by atomic mass is 10.2. The van der Waals surface area contributed by atoms with Crippen molar-refractivity contribution in [3.8, 4) is 5.75 Å². The number of nitrogens with one attached hydrogen (secondary N) is 2. The molecule has 2 N–H and O–H groups in total. The second kappa shape index (κ2) is 9.64. The first kappa shape index (κ1) is 21.8. The predicted molar refractivity (Wildman–Crippen MR) is 116 cm³/mol. The average molecular weight is 415 g/mol. The number of hydrogen-bond acceptors (Lipinski definition) is 4. The molecule has 0 amide bonds. The van der Waals surface area contributed by atoms with Crippen LogP contribution in [0.1, 0.15) is 27.2 Å². The number of guanidine groups is 1. The molecular formula is C19H31ClN4O2S. The van der Waals surface area contributed by atoms with Crippen LogP contribution >= 0.6 is 11.6 Å². The highest BCUT2D eigenvalue weighted by atomic mass is 35.5. The lowest BCUT2D eigenvalue weighted by Crippen LogP contribution is -2.46. The first-order valence-electron chi connectivity index (χ1n) is 9.18. The van der Waals surface area contributed by atoms with Crippen molar-refractivity contribution in [1.82, 2.24) is 10.6 Å². The molecule has 1 heterocycles. The van der Waals surface area contributed by atoms with Gasteiger partial charge in [0.25, 0.3) is 0 Å². The molecule has 8 heteroatoms. The maximum Gasteiger partial charge on any atom is 0.191 e. The number of ether oxygens (including phenoxy) is 1. The fourth-order valence-electron chi connectivity index (χ4n) is 2.96. The van der Waals surface area contributed by atoms with E-state index in [2.05, 4.69) is 20.5 Å². The maximum absolute atomic E-state index is 12.1. The summed E-state index contributed by atoms with van der Waals surface area (Å²) in [6.07, 6.45) is 0.990. The van der Waals surface area contributed by atoms with E-state index in [1.807, 2.05) is 39.0 Å². The Morgan fingerprint density at radius 1 is 1.44 bits per heavy atom. The highest BCUT2D eigenvalue weighted by Crippen LogP contribution is 2.33. The SMILES string of the molecule is CN=C(NCCS(=O)C(C)(C)C)NC1CCN(c2cc(Cl)ccc2OC)C1. The van der Waals surface area contributed by atoms with Crippen molar-refractivity contribution in [2.75, 3.05) is 44.4 Å². The standard InChI is InChI=1S/C19H31ClN4O2S/c1-19(2,3)27(25)11-9-22-18(21-4)23-15-8-10-24(13-15)16-12-14(20)6-7-17(16)26-5/h6-7,12,15H,8-11,13H2,1-5H3,(H2,21,22,23). The fourth-order valence-corrected chi connectivity index (χ4v) is 4.03. The molecule has 1 aliphatic rings. The van der Waals surface area contributed by atoms with Crippen LogP contribution in [0.5, 0.6) is 5.75 Å². The number of hydrogen-bond donors (Lipinski definition) is 2. The Bertz CT molecular complexity index is 691. The van der Waals surface area contributed by atoms with E-state index in [0.29, 0.717) is 17.3 Å². The van der Waals surface area contributed by atoms with Gasteiger partial charge in [-0.2, -0.15) is 0 Å². The molecule has 1 saturated heterocycles. The third-order valence-electron chi connectivity index (χ3n) is 4.50. The van der Waals surface area contributed by atoms with E-state index < -0.39 is 10.8 Å². The van der Waals surface area contributed by atoms with Gasteiger partial charge in [-0.25, -0.2) is 0 Å². The minimum atomic E-state index is -0.876. The number of anilines is 1. The molecule has 27 heavy (non-hydrogen) atoms. The second-order valence-electron chi connectivity index (χ2n) is 7.55. The highest BCUT2D eigenvalue weighted by molar-refractivity contribution is 7.86. The Hall–Kier alpha value is -1.47. The second-order valence-corrected chi connectivity index (χ2v) is 10.3. The predicted octanol–water partition coefficient (Wildman–Crippen LogP) is 2.64. The van der Waals surface area contributed by atoms with Crippen LogP contribution in [0, 0.1) is 0 Å². The van der Waals surface area contributed by atoms with Crippen molar-refractivity contribution >= 4 is 34.0 Å². The summed E-state index contributed by atoms with van der Waals surface area (Å²) in [6, 6.07) is 5.95. The number of benzene rings is 1. The first-order chi connectivity index (χ1) is 12.7. The fraction of sp³-hybridized carbons (Fsp3) is 0.632. The van der Waals surface area contributed by atoms with Crippen molar-refractivity contribution in [2.45, 2.75) is 38.0 Å². The van der Waals surface area contributed by atoms with Crippen LogP contribution in [0.15, 0.2) is 23.2 Å². The molecule has 0 aliphatic carbocycles. The topological polar surface area (TPSA) is 66.0 Å². The lowest BCUT2D eigenvalue weighted by molar-refractivity contribution is 0.415. The van der Waals surface area contributed by atoms with E-state index in [1.165, 1.54) is 0 Å². The number of halogens is 1. The van der Waals surface area contributed by atoms with Gasteiger partial charge in [-0.05, 0) is 45.4 Å². The van der Waals surface area contributed by atoms with Gasteiger partial charge in [0.15, 0.2) is 5.96 Å². The maximum atomic E-state index is 12.1. The smallest absolute Gasteiger partial charge is 0.191 e. The molecule has 0 saturated carbocycles. The van der Waals surface area contributed by atoms with E-state index in [4.69, 9.17) is 16.3 Å². The summed E-state index contributed by atoms with van der Waals surface area (Å²) in [6.45, 7) is 8.36. The first-order valence-corrected chi connectivity index (χ1v) is 10.9. The van der Waals surface area contributed by atoms with Crippen LogP contribution < -0.4 is 20.3 Å². The van der Waals surface area contributed by atoms with Crippen molar-refractivity contribution in [3.05, 3.63) is 23.2 Å². The molecule has 1 fully saturated rings. The monoisotopic (exact) mass is 414 g/mol. The Balaban J connectivity index is 1.88. The van der Waals surface area contributed by atoms with Gasteiger partial charge in [0.2, 0.25) is 0 Å². The van der Waals surface area contributed by atoms with Gasteiger partial charge >= 0.3 is 0 Å². The van der Waals surface area contributed by atoms with Crippen LogP contribution in [0.25, 0.3) is 0 Å². The summed E-state index contributed by atoms with van der Waals surface area (Å²) in [7, 11) is 2.55. The number of nitrogens with zero attached hydrogens (tertiary/aromatic N) is 2. The van der Waals surface area contributed by atoms with Crippen LogP contribution in [0.3, 0.4) is 0 Å². The van der Waals surface area contributed by atoms with E-state index in [1.54, 1.807) is 14.2 Å². The van der Waals surface area contributed by atoms with Gasteiger partial charge in [-0.3, -0.25) is 9.20 Å².